The summed E-state index contributed by atoms with van der Waals surface area (Å²) in [7, 11) is 0. The topological polar surface area (TPSA) is 64.3 Å². The molecule has 298 valence electrons. The van der Waals surface area contributed by atoms with Crippen molar-refractivity contribution in [1.82, 2.24) is 29.1 Å². The Balaban J connectivity index is 0.000000150. The van der Waals surface area contributed by atoms with Gasteiger partial charge in [-0.05, 0) is 66.7 Å². The largest absolute Gasteiger partial charge is 0.354 e. The molecule has 0 bridgehead atoms. The fraction of sp³-hybridized carbons (Fsp3) is 0.0364. The maximum Gasteiger partial charge on any atom is 0.164 e. The first-order chi connectivity index (χ1) is 30.7. The van der Waals surface area contributed by atoms with E-state index >= 15 is 0 Å². The third-order valence-electron chi connectivity index (χ3n) is 11.1. The lowest BCUT2D eigenvalue weighted by atomic mass is 10.1. The molecule has 8 aromatic carbocycles. The maximum absolute atomic E-state index is 4.70. The van der Waals surface area contributed by atoms with E-state index in [1.165, 1.54) is 65.9 Å². The van der Waals surface area contributed by atoms with Crippen LogP contribution in [0.2, 0.25) is 0 Å². The fourth-order valence-electron chi connectivity index (χ4n) is 8.36. The van der Waals surface area contributed by atoms with Gasteiger partial charge in [0.1, 0.15) is 0 Å². The average molecular weight is 866 g/mol. The van der Waals surface area contributed by atoms with Crippen molar-refractivity contribution in [3.63, 3.8) is 0 Å². The number of nitrogens with zero attached hydrogens (tertiary/aromatic N) is 5. The van der Waals surface area contributed by atoms with Crippen molar-refractivity contribution < 1.29 is 0 Å². The van der Waals surface area contributed by atoms with Crippen LogP contribution in [-0.4, -0.2) is 29.1 Å². The Hall–Kier alpha value is -7.61. The van der Waals surface area contributed by atoms with E-state index in [0.29, 0.717) is 17.5 Å². The monoisotopic (exact) mass is 864 g/mol. The van der Waals surface area contributed by atoms with Crippen molar-refractivity contribution in [3.8, 4) is 45.5 Å². The molecule has 0 amide bonds. The molecule has 0 aliphatic carbocycles. The highest BCUT2D eigenvalue weighted by atomic mass is 79.9. The van der Waals surface area contributed by atoms with Gasteiger partial charge in [0, 0.05) is 71.2 Å². The second-order valence-electron chi connectivity index (χ2n) is 14.7. The molecule has 0 aliphatic rings. The van der Waals surface area contributed by atoms with Crippen molar-refractivity contribution in [2.24, 2.45) is 0 Å². The van der Waals surface area contributed by atoms with E-state index < -0.39 is 0 Å². The maximum atomic E-state index is 4.70. The van der Waals surface area contributed by atoms with Gasteiger partial charge < -0.3 is 14.1 Å². The number of halogens is 1. The Kier molecular flexibility index (Phi) is 10.5. The minimum absolute atomic E-state index is 0.661. The molecule has 0 unspecified atom stereocenters. The lowest BCUT2D eigenvalue weighted by molar-refractivity contribution is 1.07. The van der Waals surface area contributed by atoms with Gasteiger partial charge in [0.15, 0.2) is 17.5 Å². The van der Waals surface area contributed by atoms with Crippen LogP contribution >= 0.6 is 15.9 Å². The molecule has 0 atom stereocenters. The summed E-state index contributed by atoms with van der Waals surface area (Å²) >= 11 is 3.52. The van der Waals surface area contributed by atoms with Gasteiger partial charge in [0.2, 0.25) is 0 Å². The van der Waals surface area contributed by atoms with E-state index in [4.69, 9.17) is 9.97 Å². The van der Waals surface area contributed by atoms with Crippen LogP contribution in [0.4, 0.5) is 0 Å². The Bertz CT molecular complexity index is 3420. The molecule has 0 fully saturated rings. The summed E-state index contributed by atoms with van der Waals surface area (Å²) in [5.41, 5.74) is 11.3. The molecule has 4 aromatic heterocycles. The highest BCUT2D eigenvalue weighted by molar-refractivity contribution is 9.10. The van der Waals surface area contributed by atoms with Crippen LogP contribution in [0.3, 0.4) is 0 Å². The first kappa shape index (κ1) is 38.6. The van der Waals surface area contributed by atoms with E-state index in [1.807, 2.05) is 98.8 Å². The van der Waals surface area contributed by atoms with E-state index in [2.05, 4.69) is 156 Å². The standard InChI is InChI=1S/C32H21N3.C21H14BrN3.C2H6/c1-3-9-21(10-4-1)34-20-19-25-28(34)17-16-26-30-29(35(32(25)26)22-11-5-2-6-12-22)18-15-24-23-13-7-8-14-27(23)33-31(24)30;22-18-13-7-12-17(14-18)21-24-19(15-8-3-1-4-9-15)23-20(25-21)16-10-5-2-6-11-16;1-2/h1-20,33H;1-14H;1-2H3. The highest BCUT2D eigenvalue weighted by Gasteiger charge is 2.20. The molecule has 0 aliphatic heterocycles. The molecule has 6 nitrogen and oxygen atoms in total. The van der Waals surface area contributed by atoms with Crippen LogP contribution in [0.5, 0.6) is 0 Å². The number of para-hydroxylation sites is 3. The van der Waals surface area contributed by atoms with Gasteiger partial charge in [-0.15, -0.1) is 0 Å². The smallest absolute Gasteiger partial charge is 0.164 e. The number of hydrogen-bond donors (Lipinski definition) is 1. The summed E-state index contributed by atoms with van der Waals surface area (Å²) in [6.07, 6.45) is 2.19. The van der Waals surface area contributed by atoms with Crippen LogP contribution in [0.25, 0.3) is 100 Å². The number of nitrogens with one attached hydrogen (secondary N) is 1. The van der Waals surface area contributed by atoms with Crippen molar-refractivity contribution >= 4 is 70.4 Å². The number of aromatic amines is 1. The van der Waals surface area contributed by atoms with Crippen molar-refractivity contribution in [1.29, 1.82) is 0 Å². The van der Waals surface area contributed by atoms with E-state index in [0.717, 1.165) is 21.2 Å². The molecule has 1 N–H and O–H groups in total. The van der Waals surface area contributed by atoms with Gasteiger partial charge in [-0.2, -0.15) is 0 Å². The molecule has 12 rings (SSSR count). The summed E-state index contributed by atoms with van der Waals surface area (Å²) in [5, 5.41) is 6.31. The molecule has 12 aromatic rings. The minimum Gasteiger partial charge on any atom is -0.354 e. The van der Waals surface area contributed by atoms with Crippen LogP contribution < -0.4 is 0 Å². The summed E-state index contributed by atoms with van der Waals surface area (Å²) in [6.45, 7) is 4.00. The first-order valence-corrected chi connectivity index (χ1v) is 21.7. The quantitative estimate of drug-likeness (QED) is 0.187. The SMILES string of the molecule is Brc1cccc(-c2nc(-c3ccccc3)nc(-c3ccccc3)n2)c1.CC.c1ccc(-n2ccc3c2ccc2c4c5[nH]c6ccccc6c5ccc4n(-c4ccccc4)c23)cc1. The van der Waals surface area contributed by atoms with E-state index in [1.54, 1.807) is 0 Å². The fourth-order valence-corrected chi connectivity index (χ4v) is 8.75. The predicted molar refractivity (Wildman–Crippen MR) is 262 cm³/mol. The molecular weight excluding hydrogens is 825 g/mol. The number of H-pyrrole nitrogens is 1. The lowest BCUT2D eigenvalue weighted by Gasteiger charge is -2.09. The van der Waals surface area contributed by atoms with Crippen molar-refractivity contribution in [2.45, 2.75) is 13.8 Å². The minimum atomic E-state index is 0.661. The first-order valence-electron chi connectivity index (χ1n) is 20.9. The number of benzene rings is 8. The van der Waals surface area contributed by atoms with E-state index in [9.17, 15) is 0 Å². The zero-order valence-corrected chi connectivity index (χ0v) is 35.8. The molecule has 0 radical (unpaired) electrons. The second kappa shape index (κ2) is 16.8. The van der Waals surface area contributed by atoms with Gasteiger partial charge >= 0.3 is 0 Å². The van der Waals surface area contributed by atoms with Gasteiger partial charge in [-0.25, -0.2) is 15.0 Å². The Morgan fingerprint density at radius 1 is 0.435 bits per heavy atom. The molecular formula is C55H41BrN6. The normalized spacial score (nSPS) is 11.1. The van der Waals surface area contributed by atoms with Crippen molar-refractivity contribution in [2.75, 3.05) is 0 Å². The Morgan fingerprint density at radius 3 is 1.61 bits per heavy atom. The molecule has 0 saturated carbocycles. The van der Waals surface area contributed by atoms with Crippen LogP contribution in [0.15, 0.2) is 211 Å². The van der Waals surface area contributed by atoms with Gasteiger partial charge in [0.25, 0.3) is 0 Å². The van der Waals surface area contributed by atoms with Crippen LogP contribution in [0.1, 0.15) is 13.8 Å². The molecule has 4 heterocycles. The Labute approximate surface area is 367 Å². The summed E-state index contributed by atoms with van der Waals surface area (Å²) in [4.78, 5) is 17.8. The number of aromatic nitrogens is 6. The van der Waals surface area contributed by atoms with Crippen molar-refractivity contribution in [3.05, 3.63) is 211 Å². The summed E-state index contributed by atoms with van der Waals surface area (Å²) < 4.78 is 5.70. The third kappa shape index (κ3) is 7.02. The number of rotatable bonds is 5. The third-order valence-corrected chi connectivity index (χ3v) is 11.6. The van der Waals surface area contributed by atoms with Gasteiger partial charge in [-0.3, -0.25) is 0 Å². The van der Waals surface area contributed by atoms with E-state index in [-0.39, 0.29) is 0 Å². The average Bonchev–Trinajstić information content (AvgIpc) is 4.05. The number of fused-ring (bicyclic) bond motifs is 9. The summed E-state index contributed by atoms with van der Waals surface area (Å²) in [5.74, 6) is 2.00. The van der Waals surface area contributed by atoms with Crippen LogP contribution in [0, 0.1) is 0 Å². The van der Waals surface area contributed by atoms with Gasteiger partial charge in [-0.1, -0.05) is 163 Å². The number of hydrogen-bond acceptors (Lipinski definition) is 3. The molecule has 62 heavy (non-hydrogen) atoms. The summed E-state index contributed by atoms with van der Waals surface area (Å²) in [6, 6.07) is 69.1. The molecule has 0 saturated heterocycles. The zero-order chi connectivity index (χ0) is 42.0. The van der Waals surface area contributed by atoms with Gasteiger partial charge in [0.05, 0.1) is 22.1 Å². The Morgan fingerprint density at radius 2 is 0.968 bits per heavy atom. The zero-order valence-electron chi connectivity index (χ0n) is 34.2. The predicted octanol–water partition coefficient (Wildman–Crippen LogP) is 15.0. The molecule has 0 spiro atoms. The highest BCUT2D eigenvalue weighted by Crippen LogP contribution is 2.42. The molecule has 7 heteroatoms. The lowest BCUT2D eigenvalue weighted by Crippen LogP contribution is -2.00. The van der Waals surface area contributed by atoms with Crippen LogP contribution in [-0.2, 0) is 0 Å². The second-order valence-corrected chi connectivity index (χ2v) is 15.6.